The predicted octanol–water partition coefficient (Wildman–Crippen LogP) is 4.89. The van der Waals surface area contributed by atoms with Crippen LogP contribution in [0.15, 0.2) is 82.4 Å². The zero-order valence-corrected chi connectivity index (χ0v) is 15.7. The Labute approximate surface area is 160 Å². The number of ether oxygens (including phenoxy) is 1. The van der Waals surface area contributed by atoms with E-state index in [2.05, 4.69) is 26.5 Å². The molecule has 0 heterocycles. The van der Waals surface area contributed by atoms with Crippen molar-refractivity contribution < 1.29 is 9.53 Å². The second-order valence-electron chi connectivity index (χ2n) is 5.53. The van der Waals surface area contributed by atoms with E-state index in [-0.39, 0.29) is 5.91 Å². The lowest BCUT2D eigenvalue weighted by Crippen LogP contribution is -2.17. The largest absolute Gasteiger partial charge is 0.496 e. The second kappa shape index (κ2) is 8.45. The highest BCUT2D eigenvalue weighted by atomic mass is 79.9. The maximum Gasteiger partial charge on any atom is 0.271 e. The average Bonchev–Trinajstić information content (AvgIpc) is 2.69. The van der Waals surface area contributed by atoms with Gasteiger partial charge in [-0.15, -0.1) is 0 Å². The smallest absolute Gasteiger partial charge is 0.271 e. The van der Waals surface area contributed by atoms with E-state index in [1.807, 2.05) is 60.7 Å². The third kappa shape index (κ3) is 4.37. The zero-order chi connectivity index (χ0) is 18.4. The molecule has 0 aliphatic carbocycles. The van der Waals surface area contributed by atoms with Crippen molar-refractivity contribution in [2.45, 2.75) is 0 Å². The first-order valence-corrected chi connectivity index (χ1v) is 8.79. The minimum absolute atomic E-state index is 0.269. The van der Waals surface area contributed by atoms with Crippen molar-refractivity contribution >= 4 is 28.1 Å². The van der Waals surface area contributed by atoms with E-state index in [0.717, 1.165) is 21.2 Å². The van der Waals surface area contributed by atoms with Crippen molar-refractivity contribution in [1.82, 2.24) is 5.43 Å². The van der Waals surface area contributed by atoms with E-state index in [9.17, 15) is 4.79 Å². The number of nitrogens with one attached hydrogen (secondary N) is 1. The van der Waals surface area contributed by atoms with Crippen molar-refractivity contribution in [1.29, 1.82) is 0 Å². The third-order valence-corrected chi connectivity index (χ3v) is 4.31. The van der Waals surface area contributed by atoms with Crippen LogP contribution in [0.5, 0.6) is 5.75 Å². The van der Waals surface area contributed by atoms with Crippen LogP contribution >= 0.6 is 15.9 Å². The van der Waals surface area contributed by atoms with Gasteiger partial charge >= 0.3 is 0 Å². The normalized spacial score (nSPS) is 10.7. The van der Waals surface area contributed by atoms with Crippen molar-refractivity contribution in [2.24, 2.45) is 5.10 Å². The molecule has 0 aliphatic rings. The van der Waals surface area contributed by atoms with E-state index < -0.39 is 0 Å². The molecule has 1 amide bonds. The standard InChI is InChI=1S/C21H17BrN2O2/c1-26-20-12-11-19(22)13-18(20)14-23-24-21(25)17-9-7-16(8-10-17)15-5-3-2-4-6-15/h2-14H,1H3,(H,24,25)/b23-14+. The van der Waals surface area contributed by atoms with Gasteiger partial charge in [-0.1, -0.05) is 58.4 Å². The van der Waals surface area contributed by atoms with Crippen LogP contribution in [-0.4, -0.2) is 19.2 Å². The molecule has 3 aromatic rings. The van der Waals surface area contributed by atoms with Crippen LogP contribution in [0.2, 0.25) is 0 Å². The summed E-state index contributed by atoms with van der Waals surface area (Å²) in [6.45, 7) is 0. The molecule has 4 nitrogen and oxygen atoms in total. The highest BCUT2D eigenvalue weighted by Gasteiger charge is 2.05. The number of carbonyl (C=O) groups excluding carboxylic acids is 1. The van der Waals surface area contributed by atoms with Gasteiger partial charge in [0.15, 0.2) is 0 Å². The molecule has 0 bridgehead atoms. The van der Waals surface area contributed by atoms with Crippen LogP contribution in [0.25, 0.3) is 11.1 Å². The molecule has 0 radical (unpaired) electrons. The van der Waals surface area contributed by atoms with Crippen molar-refractivity contribution in [3.63, 3.8) is 0 Å². The van der Waals surface area contributed by atoms with Crippen LogP contribution in [0.4, 0.5) is 0 Å². The SMILES string of the molecule is COc1ccc(Br)cc1/C=N/NC(=O)c1ccc(-c2ccccc2)cc1. The topological polar surface area (TPSA) is 50.7 Å². The van der Waals surface area contributed by atoms with Crippen LogP contribution < -0.4 is 10.2 Å². The molecule has 0 fully saturated rings. The maximum absolute atomic E-state index is 12.2. The Kier molecular flexibility index (Phi) is 5.81. The number of methoxy groups -OCH3 is 1. The summed E-state index contributed by atoms with van der Waals surface area (Å²) >= 11 is 3.40. The Morgan fingerprint density at radius 3 is 2.38 bits per heavy atom. The summed E-state index contributed by atoms with van der Waals surface area (Å²) < 4.78 is 6.18. The Morgan fingerprint density at radius 1 is 1.00 bits per heavy atom. The van der Waals surface area contributed by atoms with Gasteiger partial charge in [0.1, 0.15) is 5.75 Å². The van der Waals surface area contributed by atoms with Crippen molar-refractivity contribution in [3.05, 3.63) is 88.4 Å². The summed E-state index contributed by atoms with van der Waals surface area (Å²) in [5.74, 6) is 0.410. The summed E-state index contributed by atoms with van der Waals surface area (Å²) in [4.78, 5) is 12.2. The fourth-order valence-electron chi connectivity index (χ4n) is 2.48. The maximum atomic E-state index is 12.2. The van der Waals surface area contributed by atoms with Crippen LogP contribution in [0.3, 0.4) is 0 Å². The quantitative estimate of drug-likeness (QED) is 0.482. The fourth-order valence-corrected chi connectivity index (χ4v) is 2.85. The summed E-state index contributed by atoms with van der Waals surface area (Å²) in [7, 11) is 1.59. The number of rotatable bonds is 5. The number of halogens is 1. The van der Waals surface area contributed by atoms with E-state index in [1.54, 1.807) is 25.5 Å². The van der Waals surface area contributed by atoms with Gasteiger partial charge in [0, 0.05) is 15.6 Å². The molecule has 0 saturated carbocycles. The Balaban J connectivity index is 1.68. The number of nitrogens with zero attached hydrogens (tertiary/aromatic N) is 1. The number of hydrogen-bond acceptors (Lipinski definition) is 3. The van der Waals surface area contributed by atoms with Gasteiger partial charge in [0.25, 0.3) is 5.91 Å². The van der Waals surface area contributed by atoms with E-state index in [1.165, 1.54) is 0 Å². The number of carbonyl (C=O) groups is 1. The first-order valence-electron chi connectivity index (χ1n) is 8.00. The zero-order valence-electron chi connectivity index (χ0n) is 14.1. The lowest BCUT2D eigenvalue weighted by Gasteiger charge is -2.05. The molecule has 0 atom stereocenters. The molecular weight excluding hydrogens is 392 g/mol. The minimum atomic E-state index is -0.269. The molecule has 0 aromatic heterocycles. The summed E-state index contributed by atoms with van der Waals surface area (Å²) in [6.07, 6.45) is 1.56. The van der Waals surface area contributed by atoms with E-state index in [0.29, 0.717) is 11.3 Å². The Bertz CT molecular complexity index is 923. The van der Waals surface area contributed by atoms with Crippen LogP contribution in [0, 0.1) is 0 Å². The van der Waals surface area contributed by atoms with Gasteiger partial charge in [-0.05, 0) is 41.5 Å². The lowest BCUT2D eigenvalue weighted by atomic mass is 10.0. The molecule has 3 rings (SSSR count). The van der Waals surface area contributed by atoms with E-state index >= 15 is 0 Å². The summed E-state index contributed by atoms with van der Waals surface area (Å²) in [6, 6.07) is 23.0. The molecule has 1 N–H and O–H groups in total. The van der Waals surface area contributed by atoms with Gasteiger partial charge in [0.05, 0.1) is 13.3 Å². The number of benzene rings is 3. The van der Waals surface area contributed by atoms with Gasteiger partial charge < -0.3 is 4.74 Å². The first-order chi connectivity index (χ1) is 12.7. The fraction of sp³-hybridized carbons (Fsp3) is 0.0476. The Hall–Kier alpha value is -2.92. The molecule has 3 aromatic carbocycles. The minimum Gasteiger partial charge on any atom is -0.496 e. The van der Waals surface area contributed by atoms with Crippen LogP contribution in [0.1, 0.15) is 15.9 Å². The van der Waals surface area contributed by atoms with Crippen molar-refractivity contribution in [3.8, 4) is 16.9 Å². The monoisotopic (exact) mass is 408 g/mol. The molecule has 130 valence electrons. The molecule has 26 heavy (non-hydrogen) atoms. The number of amides is 1. The van der Waals surface area contributed by atoms with Gasteiger partial charge in [-0.2, -0.15) is 5.10 Å². The average molecular weight is 409 g/mol. The van der Waals surface area contributed by atoms with Crippen molar-refractivity contribution in [2.75, 3.05) is 7.11 Å². The molecule has 0 unspecified atom stereocenters. The molecule has 5 heteroatoms. The van der Waals surface area contributed by atoms with E-state index in [4.69, 9.17) is 4.74 Å². The van der Waals surface area contributed by atoms with Gasteiger partial charge in [0.2, 0.25) is 0 Å². The summed E-state index contributed by atoms with van der Waals surface area (Å²) in [5, 5.41) is 4.02. The lowest BCUT2D eigenvalue weighted by molar-refractivity contribution is 0.0955. The Morgan fingerprint density at radius 2 is 1.69 bits per heavy atom. The molecule has 0 saturated heterocycles. The second-order valence-corrected chi connectivity index (χ2v) is 6.44. The number of hydrogen-bond donors (Lipinski definition) is 1. The first kappa shape index (κ1) is 17.9. The van der Waals surface area contributed by atoms with Crippen LogP contribution in [-0.2, 0) is 0 Å². The molecule has 0 spiro atoms. The molecular formula is C21H17BrN2O2. The molecule has 0 aliphatic heterocycles. The highest BCUT2D eigenvalue weighted by Crippen LogP contribution is 2.21. The summed E-state index contributed by atoms with van der Waals surface area (Å²) in [5.41, 5.74) is 6.02. The highest BCUT2D eigenvalue weighted by molar-refractivity contribution is 9.10. The predicted molar refractivity (Wildman–Crippen MR) is 108 cm³/mol. The van der Waals surface area contributed by atoms with Gasteiger partial charge in [-0.3, -0.25) is 4.79 Å². The third-order valence-electron chi connectivity index (χ3n) is 3.82. The number of hydrazone groups is 1. The van der Waals surface area contributed by atoms with Gasteiger partial charge in [-0.25, -0.2) is 5.43 Å².